The molecule has 1 amide bonds. The van der Waals surface area contributed by atoms with Crippen LogP contribution in [-0.2, 0) is 21.4 Å². The molecule has 4 rings (SSSR count). The number of amides is 1. The fraction of sp³-hybridized carbons (Fsp3) is 0.343. The summed E-state index contributed by atoms with van der Waals surface area (Å²) in [6, 6.07) is 19.3. The minimum atomic E-state index is -0.856. The summed E-state index contributed by atoms with van der Waals surface area (Å²) >= 11 is 1.19. The molecule has 0 unspecified atom stereocenters. The molecule has 7 nitrogen and oxygen atoms in total. The highest BCUT2D eigenvalue weighted by Gasteiger charge is 2.44. The van der Waals surface area contributed by atoms with Crippen molar-refractivity contribution in [2.24, 2.45) is 5.92 Å². The fourth-order valence-electron chi connectivity index (χ4n) is 5.10. The molecule has 3 N–H and O–H groups in total. The van der Waals surface area contributed by atoms with Crippen LogP contribution in [0, 0.1) is 24.2 Å². The molecule has 0 aromatic heterocycles. The van der Waals surface area contributed by atoms with Gasteiger partial charge in [-0.1, -0.05) is 58.5 Å². The van der Waals surface area contributed by atoms with Crippen LogP contribution in [0.3, 0.4) is 0 Å². The number of nitriles is 1. The van der Waals surface area contributed by atoms with E-state index in [0.717, 1.165) is 21.6 Å². The maximum atomic E-state index is 13.5. The third-order valence-electron chi connectivity index (χ3n) is 7.91. The second-order valence-electron chi connectivity index (χ2n) is 12.4. The lowest BCUT2D eigenvalue weighted by atomic mass is 9.80. The van der Waals surface area contributed by atoms with Crippen molar-refractivity contribution in [3.63, 3.8) is 0 Å². The number of thioether (sulfide) groups is 1. The summed E-state index contributed by atoms with van der Waals surface area (Å²) in [7, 11) is 0. The number of benzene rings is 3. The summed E-state index contributed by atoms with van der Waals surface area (Å²) in [4.78, 5) is 27.4. The molecule has 43 heavy (non-hydrogen) atoms. The summed E-state index contributed by atoms with van der Waals surface area (Å²) < 4.78 is 6.13. The minimum Gasteiger partial charge on any atom is -0.511 e. The van der Waals surface area contributed by atoms with Crippen molar-refractivity contribution in [1.82, 2.24) is 0 Å². The van der Waals surface area contributed by atoms with E-state index in [1.54, 1.807) is 36.4 Å². The number of carbonyl (C=O) groups is 2. The molecule has 1 atom stereocenters. The molecule has 0 aliphatic carbocycles. The Morgan fingerprint density at radius 2 is 1.74 bits per heavy atom. The Morgan fingerprint density at radius 1 is 1.09 bits per heavy atom. The van der Waals surface area contributed by atoms with Crippen molar-refractivity contribution in [1.29, 1.82) is 5.26 Å². The number of nitrogens with zero attached hydrogens (tertiary/aromatic N) is 1. The number of anilines is 1. The topological polar surface area (TPSA) is 120 Å². The van der Waals surface area contributed by atoms with Gasteiger partial charge < -0.3 is 20.3 Å². The molecule has 8 heteroatoms. The quantitative estimate of drug-likeness (QED) is 0.225. The van der Waals surface area contributed by atoms with Gasteiger partial charge in [-0.25, -0.2) is 4.79 Å². The average molecular weight is 599 g/mol. The molecule has 0 spiro atoms. The number of aromatic hydroxyl groups is 1. The predicted molar refractivity (Wildman–Crippen MR) is 169 cm³/mol. The number of esters is 1. The number of phenols is 1. The van der Waals surface area contributed by atoms with E-state index in [2.05, 4.69) is 32.2 Å². The van der Waals surface area contributed by atoms with Crippen LogP contribution in [0.5, 0.6) is 5.75 Å². The first-order valence-electron chi connectivity index (χ1n) is 14.3. The van der Waals surface area contributed by atoms with E-state index >= 15 is 0 Å². The molecule has 1 aliphatic heterocycles. The van der Waals surface area contributed by atoms with E-state index in [0.29, 0.717) is 29.7 Å². The zero-order valence-corrected chi connectivity index (χ0v) is 26.3. The lowest BCUT2D eigenvalue weighted by molar-refractivity contribution is -0.164. The number of aliphatic hydroxyl groups is 1. The molecule has 1 heterocycles. The highest BCUT2D eigenvalue weighted by atomic mass is 32.2. The molecule has 1 aliphatic rings. The maximum Gasteiger partial charge on any atom is 0.349 e. The number of hydrogen-bond donors (Lipinski definition) is 3. The van der Waals surface area contributed by atoms with Crippen LogP contribution in [0.15, 0.2) is 76.2 Å². The van der Waals surface area contributed by atoms with Crippen molar-refractivity contribution >= 4 is 29.3 Å². The molecule has 0 radical (unpaired) electrons. The standard InChI is InChI=1S/C35H38N2O5S/c1-21(2)35(16-15-23-9-13-26(38)14-10-23)19-29(39)31(33(41)42-35)43-30-17-22(3)28(18-27(30)34(4,5)6)37-32(40)25-11-7-24(20-36)8-12-25/h7-14,17-18,21,38-39H,15-16,19H2,1-6H3,(H,37,40)/t35-/m0/s1. The van der Waals surface area contributed by atoms with E-state index in [4.69, 9.17) is 10.00 Å². The second-order valence-corrected chi connectivity index (χ2v) is 13.4. The van der Waals surface area contributed by atoms with Crippen molar-refractivity contribution in [2.45, 2.75) is 76.7 Å². The zero-order chi connectivity index (χ0) is 31.5. The highest BCUT2D eigenvalue weighted by molar-refractivity contribution is 8.04. The average Bonchev–Trinajstić information content (AvgIpc) is 2.95. The van der Waals surface area contributed by atoms with Gasteiger partial charge in [-0.15, -0.1) is 0 Å². The van der Waals surface area contributed by atoms with Crippen molar-refractivity contribution in [3.05, 3.63) is 99.1 Å². The molecule has 224 valence electrons. The van der Waals surface area contributed by atoms with Gasteiger partial charge in [0.25, 0.3) is 5.91 Å². The second kappa shape index (κ2) is 12.6. The van der Waals surface area contributed by atoms with E-state index in [-0.39, 0.29) is 40.1 Å². The number of phenolic OH excluding ortho intramolecular Hbond substituents is 1. The molecule has 3 aromatic rings. The van der Waals surface area contributed by atoms with E-state index in [1.165, 1.54) is 11.8 Å². The molecule has 0 fully saturated rings. The van der Waals surface area contributed by atoms with Gasteiger partial charge in [0.1, 0.15) is 22.0 Å². The van der Waals surface area contributed by atoms with Gasteiger partial charge in [0.2, 0.25) is 0 Å². The van der Waals surface area contributed by atoms with Crippen LogP contribution < -0.4 is 5.32 Å². The van der Waals surface area contributed by atoms with Gasteiger partial charge in [0.05, 0.1) is 11.6 Å². The third kappa shape index (κ3) is 7.23. The first-order valence-corrected chi connectivity index (χ1v) is 15.1. The normalized spacial score (nSPS) is 17.0. The van der Waals surface area contributed by atoms with E-state index < -0.39 is 11.6 Å². The number of rotatable bonds is 8. The summed E-state index contributed by atoms with van der Waals surface area (Å²) in [5, 5.41) is 32.9. The Labute approximate surface area is 257 Å². The van der Waals surface area contributed by atoms with Gasteiger partial charge in [-0.3, -0.25) is 4.79 Å². The SMILES string of the molecule is Cc1cc(SC2=C(O)C[C@@](CCc3ccc(O)cc3)(C(C)C)OC2=O)c(C(C)(C)C)cc1NC(=O)c1ccc(C#N)cc1. The van der Waals surface area contributed by atoms with Crippen LogP contribution in [-0.4, -0.2) is 27.7 Å². The van der Waals surface area contributed by atoms with Crippen molar-refractivity contribution in [2.75, 3.05) is 5.32 Å². The Hall–Kier alpha value is -4.22. The molecule has 3 aromatic carbocycles. The Kier molecular flexibility index (Phi) is 9.26. The number of nitrogens with one attached hydrogen (secondary N) is 1. The van der Waals surface area contributed by atoms with Crippen LogP contribution >= 0.6 is 11.8 Å². The minimum absolute atomic E-state index is 0.0105. The Morgan fingerprint density at radius 3 is 2.30 bits per heavy atom. The number of cyclic esters (lactones) is 1. The van der Waals surface area contributed by atoms with Crippen LogP contribution in [0.1, 0.15) is 80.1 Å². The van der Waals surface area contributed by atoms with Gasteiger partial charge in [0, 0.05) is 22.6 Å². The van der Waals surface area contributed by atoms with Gasteiger partial charge in [0.15, 0.2) is 0 Å². The van der Waals surface area contributed by atoms with Crippen LogP contribution in [0.25, 0.3) is 0 Å². The molecule has 0 bridgehead atoms. The van der Waals surface area contributed by atoms with Crippen molar-refractivity contribution in [3.8, 4) is 11.8 Å². The first kappa shape index (κ1) is 31.7. The number of hydrogen-bond acceptors (Lipinski definition) is 7. The van der Waals surface area contributed by atoms with Crippen LogP contribution in [0.4, 0.5) is 5.69 Å². The lowest BCUT2D eigenvalue weighted by Gasteiger charge is -2.40. The fourth-order valence-corrected chi connectivity index (χ4v) is 6.35. The van der Waals surface area contributed by atoms with Gasteiger partial charge in [-0.05, 0) is 96.3 Å². The smallest absolute Gasteiger partial charge is 0.349 e. The number of aliphatic hydroxyl groups excluding tert-OH is 1. The number of carbonyl (C=O) groups excluding carboxylic acids is 2. The first-order chi connectivity index (χ1) is 20.2. The van der Waals surface area contributed by atoms with E-state index in [9.17, 15) is 19.8 Å². The third-order valence-corrected chi connectivity index (χ3v) is 9.07. The van der Waals surface area contributed by atoms with Crippen LogP contribution in [0.2, 0.25) is 0 Å². The predicted octanol–water partition coefficient (Wildman–Crippen LogP) is 7.96. The number of ether oxygens (including phenoxy) is 1. The summed E-state index contributed by atoms with van der Waals surface area (Å²) in [6.45, 7) is 12.0. The van der Waals surface area contributed by atoms with Gasteiger partial charge in [-0.2, -0.15) is 5.26 Å². The monoisotopic (exact) mass is 598 g/mol. The lowest BCUT2D eigenvalue weighted by Crippen LogP contribution is -2.44. The van der Waals surface area contributed by atoms with E-state index in [1.807, 2.05) is 45.0 Å². The Balaban J connectivity index is 1.60. The largest absolute Gasteiger partial charge is 0.511 e. The highest BCUT2D eigenvalue weighted by Crippen LogP contribution is 2.46. The maximum absolute atomic E-state index is 13.5. The molecule has 0 saturated carbocycles. The molecular formula is C35H38N2O5S. The molecular weight excluding hydrogens is 560 g/mol. The summed E-state index contributed by atoms with van der Waals surface area (Å²) in [5.41, 5.74) is 3.07. The Bertz CT molecular complexity index is 1600. The zero-order valence-electron chi connectivity index (χ0n) is 25.4. The number of aryl methyl sites for hydroxylation is 2. The van der Waals surface area contributed by atoms with Gasteiger partial charge >= 0.3 is 5.97 Å². The van der Waals surface area contributed by atoms with Crippen molar-refractivity contribution < 1.29 is 24.5 Å². The molecule has 0 saturated heterocycles. The summed E-state index contributed by atoms with van der Waals surface area (Å²) in [6.07, 6.45) is 1.37. The summed E-state index contributed by atoms with van der Waals surface area (Å²) in [5.74, 6) is -0.671.